The van der Waals surface area contributed by atoms with Gasteiger partial charge in [-0.3, -0.25) is 9.59 Å². The molecule has 1 saturated heterocycles. The molecule has 0 aliphatic carbocycles. The van der Waals surface area contributed by atoms with Crippen LogP contribution in [-0.4, -0.2) is 53.3 Å². The number of aryl methyl sites for hydroxylation is 2. The largest absolute Gasteiger partial charge is 0.488 e. The molecule has 7 rings (SSSR count). The van der Waals surface area contributed by atoms with Crippen LogP contribution in [0.3, 0.4) is 0 Å². The molecule has 2 aliphatic rings. The van der Waals surface area contributed by atoms with Gasteiger partial charge in [-0.25, -0.2) is 0 Å². The van der Waals surface area contributed by atoms with Gasteiger partial charge in [0.2, 0.25) is 5.91 Å². The summed E-state index contributed by atoms with van der Waals surface area (Å²) in [6.07, 6.45) is 1.04. The fraction of sp³-hybridized carbons (Fsp3) is 0.238. The maximum absolute atomic E-state index is 14.8. The quantitative estimate of drug-likeness (QED) is 0.137. The molecule has 5 aromatic carbocycles. The van der Waals surface area contributed by atoms with Crippen molar-refractivity contribution < 1.29 is 44.3 Å². The Balaban J connectivity index is 1.31. The second kappa shape index (κ2) is 16.2. The molecule has 2 amide bonds. The molecule has 0 radical (unpaired) electrons. The molecule has 12 nitrogen and oxygen atoms in total. The van der Waals surface area contributed by atoms with Crippen LogP contribution in [0.25, 0.3) is 0 Å². The van der Waals surface area contributed by atoms with Crippen molar-refractivity contribution in [1.29, 1.82) is 0 Å². The molecular formula is C42H40N2O10S2. The van der Waals surface area contributed by atoms with Gasteiger partial charge in [-0.2, -0.15) is 16.8 Å². The zero-order valence-electron chi connectivity index (χ0n) is 30.8. The van der Waals surface area contributed by atoms with E-state index in [4.69, 9.17) is 17.8 Å². The predicted molar refractivity (Wildman–Crippen MR) is 208 cm³/mol. The Bertz CT molecular complexity index is 2470. The van der Waals surface area contributed by atoms with Gasteiger partial charge in [0.15, 0.2) is 5.75 Å². The zero-order chi connectivity index (χ0) is 39.5. The number of fused-ring (bicyclic) bond motifs is 1. The van der Waals surface area contributed by atoms with Gasteiger partial charge >= 0.3 is 20.2 Å². The summed E-state index contributed by atoms with van der Waals surface area (Å²) in [5, 5.41) is 3.01. The predicted octanol–water partition coefficient (Wildman–Crippen LogP) is 6.59. The second-order valence-corrected chi connectivity index (χ2v) is 16.8. The standard InChI is InChI=1S/C42H40N2O10S2/c1-28-11-15-34(16-12-28)55(47,48)53-33-23-38(52-26-30-7-4-3-5-8-30)40(39(24-33)54-56(49,50)35-17-13-29(2)14-18-35)42(46)44-21-19-31-9-6-10-37(36(31)25-44)43-41(45)32-20-22-51-27-32/h3-18,23-24,32H,19-22,25-27H2,1-2H3,(H,43,45). The van der Waals surface area contributed by atoms with E-state index in [-0.39, 0.29) is 58.4 Å². The Hall–Kier alpha value is -5.70. The fourth-order valence-electron chi connectivity index (χ4n) is 6.50. The van der Waals surface area contributed by atoms with E-state index in [2.05, 4.69) is 5.32 Å². The molecule has 1 N–H and O–H groups in total. The average molecular weight is 797 g/mol. The molecular weight excluding hydrogens is 757 g/mol. The number of carbonyl (C=O) groups is 2. The number of benzene rings is 5. The number of amides is 2. The smallest absolute Gasteiger partial charge is 0.339 e. The summed E-state index contributed by atoms with van der Waals surface area (Å²) in [5.41, 5.74) is 4.33. The monoisotopic (exact) mass is 796 g/mol. The lowest BCUT2D eigenvalue weighted by atomic mass is 9.96. The number of anilines is 1. The van der Waals surface area contributed by atoms with Gasteiger partial charge in [-0.15, -0.1) is 0 Å². The van der Waals surface area contributed by atoms with Crippen molar-refractivity contribution >= 4 is 37.7 Å². The highest BCUT2D eigenvalue weighted by Crippen LogP contribution is 2.40. The van der Waals surface area contributed by atoms with Crippen molar-refractivity contribution in [3.63, 3.8) is 0 Å². The summed E-state index contributed by atoms with van der Waals surface area (Å²) >= 11 is 0. The van der Waals surface area contributed by atoms with E-state index in [0.29, 0.717) is 31.7 Å². The Morgan fingerprint density at radius 2 is 1.43 bits per heavy atom. The third-order valence-corrected chi connectivity index (χ3v) is 12.1. The Morgan fingerprint density at radius 3 is 2.07 bits per heavy atom. The molecule has 1 fully saturated rings. The first-order valence-corrected chi connectivity index (χ1v) is 20.8. The van der Waals surface area contributed by atoms with Crippen molar-refractivity contribution in [3.8, 4) is 17.2 Å². The molecule has 0 aromatic heterocycles. The van der Waals surface area contributed by atoms with E-state index < -0.39 is 31.9 Å². The van der Waals surface area contributed by atoms with Crippen LogP contribution in [-0.2, 0) is 49.3 Å². The maximum Gasteiger partial charge on any atom is 0.339 e. The van der Waals surface area contributed by atoms with Crippen molar-refractivity contribution in [1.82, 2.24) is 4.90 Å². The van der Waals surface area contributed by atoms with Crippen LogP contribution in [0.5, 0.6) is 17.2 Å². The zero-order valence-corrected chi connectivity index (χ0v) is 32.4. The van der Waals surface area contributed by atoms with Crippen molar-refractivity contribution in [2.45, 2.75) is 49.6 Å². The van der Waals surface area contributed by atoms with E-state index >= 15 is 0 Å². The van der Waals surface area contributed by atoms with Crippen LogP contribution < -0.4 is 18.4 Å². The van der Waals surface area contributed by atoms with Crippen LogP contribution in [0.1, 0.15) is 44.6 Å². The number of carbonyl (C=O) groups excluding carboxylic acids is 2. The summed E-state index contributed by atoms with van der Waals surface area (Å²) in [4.78, 5) is 29.1. The molecule has 2 aliphatic heterocycles. The lowest BCUT2D eigenvalue weighted by molar-refractivity contribution is -0.119. The first-order chi connectivity index (χ1) is 26.9. The van der Waals surface area contributed by atoms with Crippen LogP contribution in [0, 0.1) is 19.8 Å². The molecule has 5 aromatic rings. The molecule has 0 bridgehead atoms. The number of hydrogen-bond donors (Lipinski definition) is 1. The van der Waals surface area contributed by atoms with Gasteiger partial charge < -0.3 is 28.1 Å². The first-order valence-electron chi connectivity index (χ1n) is 18.0. The molecule has 0 saturated carbocycles. The number of rotatable bonds is 12. The fourth-order valence-corrected chi connectivity index (χ4v) is 8.34. The third-order valence-electron chi connectivity index (χ3n) is 9.63. The maximum atomic E-state index is 14.8. The van der Waals surface area contributed by atoms with E-state index in [1.165, 1.54) is 35.2 Å². The van der Waals surface area contributed by atoms with Crippen molar-refractivity contribution in [2.24, 2.45) is 5.92 Å². The third kappa shape index (κ3) is 8.72. The van der Waals surface area contributed by atoms with Gasteiger partial charge in [0.1, 0.15) is 33.5 Å². The molecule has 1 atom stereocenters. The molecule has 0 spiro atoms. The number of ether oxygens (including phenoxy) is 2. The van der Waals surface area contributed by atoms with E-state index in [1.54, 1.807) is 49.4 Å². The van der Waals surface area contributed by atoms with Crippen molar-refractivity contribution in [2.75, 3.05) is 25.1 Å². The normalized spacial score (nSPS) is 15.5. The highest BCUT2D eigenvalue weighted by Gasteiger charge is 2.33. The number of nitrogens with one attached hydrogen (secondary N) is 1. The van der Waals surface area contributed by atoms with Gasteiger partial charge in [0, 0.05) is 37.5 Å². The molecule has 1 unspecified atom stereocenters. The minimum absolute atomic E-state index is 0.0636. The summed E-state index contributed by atoms with van der Waals surface area (Å²) in [7, 11) is -9.02. The number of hydrogen-bond acceptors (Lipinski definition) is 10. The minimum Gasteiger partial charge on any atom is -0.488 e. The lowest BCUT2D eigenvalue weighted by Gasteiger charge is -2.31. The number of nitrogens with zero attached hydrogens (tertiary/aromatic N) is 1. The topological polar surface area (TPSA) is 155 Å². The summed E-state index contributed by atoms with van der Waals surface area (Å²) < 4.78 is 77.6. The van der Waals surface area contributed by atoms with Gasteiger partial charge in [-0.05, 0) is 73.7 Å². The van der Waals surface area contributed by atoms with Crippen LogP contribution in [0.4, 0.5) is 5.69 Å². The van der Waals surface area contributed by atoms with Crippen LogP contribution in [0.15, 0.2) is 119 Å². The lowest BCUT2D eigenvalue weighted by Crippen LogP contribution is -2.37. The summed E-state index contributed by atoms with van der Waals surface area (Å²) in [6, 6.07) is 28.9. The average Bonchev–Trinajstić information content (AvgIpc) is 3.73. The molecule has 14 heteroatoms. The van der Waals surface area contributed by atoms with E-state index in [0.717, 1.165) is 33.9 Å². The van der Waals surface area contributed by atoms with Crippen molar-refractivity contribution in [3.05, 3.63) is 143 Å². The van der Waals surface area contributed by atoms with Crippen LogP contribution in [0.2, 0.25) is 0 Å². The Labute approximate surface area is 326 Å². The molecule has 2 heterocycles. The minimum atomic E-state index is -4.58. The van der Waals surface area contributed by atoms with Gasteiger partial charge in [0.05, 0.1) is 12.5 Å². The highest BCUT2D eigenvalue weighted by molar-refractivity contribution is 7.87. The Morgan fingerprint density at radius 1 is 0.786 bits per heavy atom. The summed E-state index contributed by atoms with van der Waals surface area (Å²) in [5.74, 6) is -2.12. The molecule has 290 valence electrons. The van der Waals surface area contributed by atoms with Gasteiger partial charge in [-0.1, -0.05) is 77.9 Å². The van der Waals surface area contributed by atoms with E-state index in [1.807, 2.05) is 37.3 Å². The Kier molecular flexibility index (Phi) is 11.1. The highest BCUT2D eigenvalue weighted by atomic mass is 32.2. The molecule has 56 heavy (non-hydrogen) atoms. The van der Waals surface area contributed by atoms with E-state index in [9.17, 15) is 26.4 Å². The first kappa shape index (κ1) is 38.6. The van der Waals surface area contributed by atoms with Crippen LogP contribution >= 0.6 is 0 Å². The SMILES string of the molecule is Cc1ccc(S(=O)(=O)Oc2cc(OCc3ccccc3)c(C(=O)N3CCc4cccc(NC(=O)C5CCOC5)c4C3)c(OS(=O)(=O)c3ccc(C)cc3)c2)cc1. The summed E-state index contributed by atoms with van der Waals surface area (Å²) in [6.45, 7) is 4.69. The second-order valence-electron chi connectivity index (χ2n) is 13.7. The van der Waals surface area contributed by atoms with Gasteiger partial charge in [0.25, 0.3) is 5.91 Å².